The number of aliphatic hydroxyl groups is 1. The molecule has 2 aromatic heterocycles. The fourth-order valence-electron chi connectivity index (χ4n) is 1.78. The molecule has 0 aliphatic heterocycles. The van der Waals surface area contributed by atoms with Crippen molar-refractivity contribution in [1.82, 2.24) is 14.8 Å². The summed E-state index contributed by atoms with van der Waals surface area (Å²) in [5.41, 5.74) is 1.93. The maximum absolute atomic E-state index is 10.0. The van der Waals surface area contributed by atoms with E-state index in [4.69, 9.17) is 4.74 Å². The van der Waals surface area contributed by atoms with E-state index in [1.807, 2.05) is 25.5 Å². The molecule has 0 amide bonds. The average Bonchev–Trinajstić information content (AvgIpc) is 2.82. The molecule has 5 nitrogen and oxygen atoms in total. The maximum atomic E-state index is 10.0. The molecule has 0 saturated heterocycles. The first-order valence-electron chi connectivity index (χ1n) is 5.84. The van der Waals surface area contributed by atoms with E-state index >= 15 is 0 Å². The molecule has 18 heavy (non-hydrogen) atoms. The van der Waals surface area contributed by atoms with Crippen molar-refractivity contribution in [3.63, 3.8) is 0 Å². The lowest BCUT2D eigenvalue weighted by Gasteiger charge is -2.10. The fourth-order valence-corrected chi connectivity index (χ4v) is 1.78. The lowest BCUT2D eigenvalue weighted by Crippen LogP contribution is -2.00. The van der Waals surface area contributed by atoms with Gasteiger partial charge in [-0.1, -0.05) is 0 Å². The molecule has 2 heterocycles. The topological polar surface area (TPSA) is 60.2 Å². The molecule has 0 radical (unpaired) electrons. The summed E-state index contributed by atoms with van der Waals surface area (Å²) in [6, 6.07) is 3.59. The van der Waals surface area contributed by atoms with Crippen LogP contribution in [0.4, 0.5) is 0 Å². The summed E-state index contributed by atoms with van der Waals surface area (Å²) in [6.07, 6.45) is 6.36. The van der Waals surface area contributed by atoms with E-state index in [1.165, 1.54) is 0 Å². The summed E-state index contributed by atoms with van der Waals surface area (Å²) in [4.78, 5) is 4.08. The van der Waals surface area contributed by atoms with Gasteiger partial charge in [-0.25, -0.2) is 4.98 Å². The number of aryl methyl sites for hydroxylation is 2. The highest BCUT2D eigenvalue weighted by atomic mass is 16.5. The molecule has 0 fully saturated rings. The molecule has 1 unspecified atom stereocenters. The Morgan fingerprint density at radius 3 is 2.78 bits per heavy atom. The fraction of sp³-hybridized carbons (Fsp3) is 0.385. The van der Waals surface area contributed by atoms with E-state index in [0.29, 0.717) is 12.3 Å². The number of aliphatic hydroxyl groups excluding tert-OH is 1. The Kier molecular flexibility index (Phi) is 3.94. The molecule has 0 aliphatic rings. The van der Waals surface area contributed by atoms with Crippen molar-refractivity contribution < 1.29 is 9.84 Å². The van der Waals surface area contributed by atoms with E-state index in [1.54, 1.807) is 24.1 Å². The SMILES string of the molecule is COc1ccc(C(O)CCc2cnn(C)c2)cn1. The van der Waals surface area contributed by atoms with Gasteiger partial charge in [0, 0.05) is 25.5 Å². The Bertz CT molecular complexity index is 493. The molecule has 0 bridgehead atoms. The summed E-state index contributed by atoms with van der Waals surface area (Å²) < 4.78 is 6.74. The number of aromatic nitrogens is 3. The predicted octanol–water partition coefficient (Wildman–Crippen LogP) is 1.49. The first-order chi connectivity index (χ1) is 8.69. The van der Waals surface area contributed by atoms with E-state index in [9.17, 15) is 5.11 Å². The van der Waals surface area contributed by atoms with Crippen LogP contribution in [0.25, 0.3) is 0 Å². The first kappa shape index (κ1) is 12.6. The van der Waals surface area contributed by atoms with Crippen molar-refractivity contribution in [3.8, 4) is 5.88 Å². The molecule has 2 aromatic rings. The van der Waals surface area contributed by atoms with Gasteiger partial charge in [0.1, 0.15) is 0 Å². The second kappa shape index (κ2) is 5.64. The number of methoxy groups -OCH3 is 1. The second-order valence-corrected chi connectivity index (χ2v) is 4.21. The minimum Gasteiger partial charge on any atom is -0.481 e. The molecular formula is C13H17N3O2. The molecule has 0 spiro atoms. The number of rotatable bonds is 5. The Morgan fingerprint density at radius 2 is 2.22 bits per heavy atom. The summed E-state index contributed by atoms with van der Waals surface area (Å²) in [6.45, 7) is 0. The summed E-state index contributed by atoms with van der Waals surface area (Å²) in [5, 5.41) is 14.1. The number of hydrogen-bond donors (Lipinski definition) is 1. The Labute approximate surface area is 106 Å². The van der Waals surface area contributed by atoms with Crippen LogP contribution >= 0.6 is 0 Å². The molecule has 5 heteroatoms. The van der Waals surface area contributed by atoms with E-state index in [2.05, 4.69) is 10.1 Å². The van der Waals surface area contributed by atoms with Crippen LogP contribution in [0.5, 0.6) is 5.88 Å². The molecule has 0 aromatic carbocycles. The normalized spacial score (nSPS) is 12.4. The van der Waals surface area contributed by atoms with Crippen molar-refractivity contribution in [2.45, 2.75) is 18.9 Å². The van der Waals surface area contributed by atoms with Crippen LogP contribution < -0.4 is 4.74 Å². The minimum atomic E-state index is -0.511. The van der Waals surface area contributed by atoms with Crippen LogP contribution in [-0.2, 0) is 13.5 Å². The van der Waals surface area contributed by atoms with Gasteiger partial charge in [0.25, 0.3) is 0 Å². The van der Waals surface area contributed by atoms with Gasteiger partial charge in [0.05, 0.1) is 19.4 Å². The third-order valence-electron chi connectivity index (χ3n) is 2.82. The van der Waals surface area contributed by atoms with Gasteiger partial charge in [0.2, 0.25) is 5.88 Å². The van der Waals surface area contributed by atoms with Crippen molar-refractivity contribution in [2.75, 3.05) is 7.11 Å². The van der Waals surface area contributed by atoms with Gasteiger partial charge in [0.15, 0.2) is 0 Å². The standard InChI is InChI=1S/C13H17N3O2/c1-16-9-10(7-15-16)3-5-12(17)11-4-6-13(18-2)14-8-11/h4,6-9,12,17H,3,5H2,1-2H3. The third kappa shape index (κ3) is 3.07. The summed E-state index contributed by atoms with van der Waals surface area (Å²) in [5.74, 6) is 0.554. The van der Waals surface area contributed by atoms with E-state index in [0.717, 1.165) is 17.5 Å². The van der Waals surface area contributed by atoms with Crippen LogP contribution in [0.3, 0.4) is 0 Å². The first-order valence-corrected chi connectivity index (χ1v) is 5.84. The zero-order valence-corrected chi connectivity index (χ0v) is 10.6. The van der Waals surface area contributed by atoms with Crippen LogP contribution in [0.2, 0.25) is 0 Å². The Hall–Kier alpha value is -1.88. The molecule has 1 atom stereocenters. The quantitative estimate of drug-likeness (QED) is 0.869. The monoisotopic (exact) mass is 247 g/mol. The van der Waals surface area contributed by atoms with E-state index in [-0.39, 0.29) is 0 Å². The van der Waals surface area contributed by atoms with Crippen molar-refractivity contribution in [3.05, 3.63) is 41.9 Å². The molecular weight excluding hydrogens is 230 g/mol. The molecule has 2 rings (SSSR count). The summed E-state index contributed by atoms with van der Waals surface area (Å²) >= 11 is 0. The van der Waals surface area contributed by atoms with Gasteiger partial charge in [-0.15, -0.1) is 0 Å². The van der Waals surface area contributed by atoms with Gasteiger partial charge >= 0.3 is 0 Å². The third-order valence-corrected chi connectivity index (χ3v) is 2.82. The van der Waals surface area contributed by atoms with Gasteiger partial charge in [-0.05, 0) is 30.0 Å². The Morgan fingerprint density at radius 1 is 1.39 bits per heavy atom. The van der Waals surface area contributed by atoms with Crippen LogP contribution in [0, 0.1) is 0 Å². The van der Waals surface area contributed by atoms with Crippen molar-refractivity contribution >= 4 is 0 Å². The van der Waals surface area contributed by atoms with Gasteiger partial charge < -0.3 is 9.84 Å². The predicted molar refractivity (Wildman–Crippen MR) is 67.3 cm³/mol. The highest BCUT2D eigenvalue weighted by Crippen LogP contribution is 2.19. The largest absolute Gasteiger partial charge is 0.481 e. The minimum absolute atomic E-state index is 0.511. The number of pyridine rings is 1. The van der Waals surface area contributed by atoms with Crippen LogP contribution in [0.1, 0.15) is 23.7 Å². The molecule has 0 saturated carbocycles. The molecule has 1 N–H and O–H groups in total. The summed E-state index contributed by atoms with van der Waals surface area (Å²) in [7, 11) is 3.45. The number of ether oxygens (including phenoxy) is 1. The van der Waals surface area contributed by atoms with Gasteiger partial charge in [-0.2, -0.15) is 5.10 Å². The Balaban J connectivity index is 1.92. The average molecular weight is 247 g/mol. The van der Waals surface area contributed by atoms with Crippen molar-refractivity contribution in [2.24, 2.45) is 7.05 Å². The lowest BCUT2D eigenvalue weighted by molar-refractivity contribution is 0.167. The number of nitrogens with zero attached hydrogens (tertiary/aromatic N) is 3. The highest BCUT2D eigenvalue weighted by molar-refractivity contribution is 5.20. The van der Waals surface area contributed by atoms with Crippen LogP contribution in [-0.4, -0.2) is 27.0 Å². The zero-order chi connectivity index (χ0) is 13.0. The number of hydrogen-bond acceptors (Lipinski definition) is 4. The smallest absolute Gasteiger partial charge is 0.212 e. The zero-order valence-electron chi connectivity index (χ0n) is 10.6. The van der Waals surface area contributed by atoms with E-state index < -0.39 is 6.10 Å². The highest BCUT2D eigenvalue weighted by Gasteiger charge is 2.09. The molecule has 96 valence electrons. The van der Waals surface area contributed by atoms with Crippen molar-refractivity contribution in [1.29, 1.82) is 0 Å². The second-order valence-electron chi connectivity index (χ2n) is 4.21. The lowest BCUT2D eigenvalue weighted by atomic mass is 10.0. The van der Waals surface area contributed by atoms with Gasteiger partial charge in [-0.3, -0.25) is 4.68 Å². The van der Waals surface area contributed by atoms with Crippen LogP contribution in [0.15, 0.2) is 30.7 Å². The molecule has 0 aliphatic carbocycles. The maximum Gasteiger partial charge on any atom is 0.212 e.